The fourth-order valence-corrected chi connectivity index (χ4v) is 7.72. The standard InChI is InChI=1S/C33H44N4O7/c1-4-23(22-38)37-28-31(41)35(17-16-34-18-20-42-21-19-34)14-7-13-33(28)27(30(37)40)26-29(39)36(15-6-12-32(26,3)44-33)24-8-10-25(11-9-24)43-5-2/h6-13,23,26-28,38H,4-5,14-22H2,1-3H3/t23-,26+,27-,28?,32-,33-/m0/s1. The second kappa shape index (κ2) is 12.3. The summed E-state index contributed by atoms with van der Waals surface area (Å²) in [5, 5.41) is 10.4. The van der Waals surface area contributed by atoms with E-state index in [9.17, 15) is 19.5 Å². The maximum Gasteiger partial charge on any atom is 0.249 e. The number of hydrogen-bond donors (Lipinski definition) is 1. The molecule has 1 aromatic rings. The lowest BCUT2D eigenvalue weighted by Gasteiger charge is -2.40. The molecule has 11 heteroatoms. The molecule has 1 unspecified atom stereocenters. The summed E-state index contributed by atoms with van der Waals surface area (Å²) < 4.78 is 18.0. The van der Waals surface area contributed by atoms with Gasteiger partial charge in [0.2, 0.25) is 17.7 Å². The number of carbonyl (C=O) groups excluding carboxylic acids is 3. The zero-order valence-electron chi connectivity index (χ0n) is 25.9. The Hall–Kier alpha value is -3.25. The van der Waals surface area contributed by atoms with Crippen LogP contribution in [0.2, 0.25) is 0 Å². The smallest absolute Gasteiger partial charge is 0.249 e. The van der Waals surface area contributed by atoms with Crippen molar-refractivity contribution in [3.8, 4) is 5.75 Å². The lowest BCUT2D eigenvalue weighted by molar-refractivity contribution is -0.154. The molecule has 0 radical (unpaired) electrons. The number of morpholine rings is 1. The maximum absolute atomic E-state index is 14.6. The molecule has 44 heavy (non-hydrogen) atoms. The van der Waals surface area contributed by atoms with E-state index >= 15 is 0 Å². The molecule has 1 spiro atoms. The van der Waals surface area contributed by atoms with E-state index in [2.05, 4.69) is 4.90 Å². The number of aliphatic hydroxyl groups is 1. The summed E-state index contributed by atoms with van der Waals surface area (Å²) in [4.78, 5) is 50.9. The first-order chi connectivity index (χ1) is 21.3. The van der Waals surface area contributed by atoms with Gasteiger partial charge in [0.25, 0.3) is 0 Å². The van der Waals surface area contributed by atoms with Gasteiger partial charge in [0, 0.05) is 45.0 Å². The molecule has 5 aliphatic rings. The topological polar surface area (TPSA) is 112 Å². The molecule has 5 heterocycles. The largest absolute Gasteiger partial charge is 0.494 e. The summed E-state index contributed by atoms with van der Waals surface area (Å²) in [5.74, 6) is -1.87. The first-order valence-corrected chi connectivity index (χ1v) is 15.9. The van der Waals surface area contributed by atoms with Crippen molar-refractivity contribution in [3.63, 3.8) is 0 Å². The third-order valence-corrected chi connectivity index (χ3v) is 9.90. The molecule has 6 rings (SSSR count). The highest BCUT2D eigenvalue weighted by atomic mass is 16.5. The van der Waals surface area contributed by atoms with E-state index in [1.165, 1.54) is 4.90 Å². The Balaban J connectivity index is 1.37. The van der Waals surface area contributed by atoms with Crippen molar-refractivity contribution in [2.45, 2.75) is 50.5 Å². The highest BCUT2D eigenvalue weighted by molar-refractivity contribution is 6.04. The van der Waals surface area contributed by atoms with Gasteiger partial charge in [0.05, 0.1) is 49.9 Å². The molecule has 0 aromatic heterocycles. The number of nitrogens with zero attached hydrogens (tertiary/aromatic N) is 4. The number of amides is 3. The van der Waals surface area contributed by atoms with Crippen LogP contribution in [0.1, 0.15) is 27.2 Å². The summed E-state index contributed by atoms with van der Waals surface area (Å²) in [7, 11) is 0. The average Bonchev–Trinajstić information content (AvgIpc) is 3.30. The number of ether oxygens (including phenoxy) is 3. The summed E-state index contributed by atoms with van der Waals surface area (Å²) in [6.07, 6.45) is 8.02. The molecule has 0 aliphatic carbocycles. The average molecular weight is 609 g/mol. The number of hydrogen-bond acceptors (Lipinski definition) is 8. The van der Waals surface area contributed by atoms with Crippen molar-refractivity contribution in [2.75, 3.05) is 70.6 Å². The molecule has 11 nitrogen and oxygen atoms in total. The molecule has 3 fully saturated rings. The molecular formula is C33H44N4O7. The van der Waals surface area contributed by atoms with Gasteiger partial charge in [-0.15, -0.1) is 0 Å². The van der Waals surface area contributed by atoms with Crippen LogP contribution < -0.4 is 9.64 Å². The van der Waals surface area contributed by atoms with Crippen molar-refractivity contribution < 1.29 is 33.7 Å². The van der Waals surface area contributed by atoms with Gasteiger partial charge < -0.3 is 34.0 Å². The predicted octanol–water partition coefficient (Wildman–Crippen LogP) is 1.46. The van der Waals surface area contributed by atoms with E-state index < -0.39 is 35.1 Å². The van der Waals surface area contributed by atoms with Crippen LogP contribution in [0.25, 0.3) is 0 Å². The summed E-state index contributed by atoms with van der Waals surface area (Å²) in [6, 6.07) is 5.77. The molecule has 3 amide bonds. The van der Waals surface area contributed by atoms with Crippen LogP contribution in [0.3, 0.4) is 0 Å². The predicted molar refractivity (Wildman–Crippen MR) is 163 cm³/mol. The zero-order valence-corrected chi connectivity index (χ0v) is 25.9. The van der Waals surface area contributed by atoms with E-state index in [1.807, 2.05) is 69.3 Å². The van der Waals surface area contributed by atoms with Gasteiger partial charge in [-0.3, -0.25) is 19.3 Å². The molecule has 1 aromatic carbocycles. The summed E-state index contributed by atoms with van der Waals surface area (Å²) in [6.45, 7) is 10.7. The van der Waals surface area contributed by atoms with Crippen molar-refractivity contribution in [3.05, 3.63) is 48.6 Å². The van der Waals surface area contributed by atoms with E-state index in [-0.39, 0.29) is 24.3 Å². The Kier molecular flexibility index (Phi) is 8.58. The van der Waals surface area contributed by atoms with Gasteiger partial charge in [0.1, 0.15) is 17.4 Å². The Morgan fingerprint density at radius 3 is 2.36 bits per heavy atom. The van der Waals surface area contributed by atoms with Crippen LogP contribution in [-0.2, 0) is 23.9 Å². The minimum Gasteiger partial charge on any atom is -0.494 e. The molecule has 0 bridgehead atoms. The van der Waals surface area contributed by atoms with Crippen molar-refractivity contribution in [1.29, 1.82) is 0 Å². The molecule has 6 atom stereocenters. The molecule has 238 valence electrons. The third kappa shape index (κ3) is 5.03. The molecule has 3 saturated heterocycles. The number of fused-ring (bicyclic) bond motifs is 2. The Bertz CT molecular complexity index is 1310. The van der Waals surface area contributed by atoms with Crippen LogP contribution in [-0.4, -0.2) is 127 Å². The number of likely N-dealkylation sites (tertiary alicyclic amines) is 1. The zero-order chi connectivity index (χ0) is 31.1. The van der Waals surface area contributed by atoms with Gasteiger partial charge in [-0.1, -0.05) is 31.2 Å². The fraction of sp³-hybridized carbons (Fsp3) is 0.606. The van der Waals surface area contributed by atoms with E-state index in [0.717, 1.165) is 13.1 Å². The highest BCUT2D eigenvalue weighted by Gasteiger charge is 2.75. The van der Waals surface area contributed by atoms with E-state index in [4.69, 9.17) is 14.2 Å². The van der Waals surface area contributed by atoms with Gasteiger partial charge in [-0.25, -0.2) is 0 Å². The second-order valence-corrected chi connectivity index (χ2v) is 12.4. The number of carbonyl (C=O) groups is 3. The van der Waals surface area contributed by atoms with Crippen LogP contribution in [0.5, 0.6) is 5.75 Å². The van der Waals surface area contributed by atoms with Crippen LogP contribution in [0.4, 0.5) is 5.69 Å². The third-order valence-electron chi connectivity index (χ3n) is 9.90. The molecule has 0 saturated carbocycles. The van der Waals surface area contributed by atoms with Crippen molar-refractivity contribution in [2.24, 2.45) is 11.8 Å². The van der Waals surface area contributed by atoms with Crippen molar-refractivity contribution >= 4 is 23.4 Å². The minimum atomic E-state index is -1.36. The van der Waals surface area contributed by atoms with Crippen molar-refractivity contribution in [1.82, 2.24) is 14.7 Å². The normalized spacial score (nSPS) is 32.8. The quantitative estimate of drug-likeness (QED) is 0.420. The van der Waals surface area contributed by atoms with Gasteiger partial charge in [0.15, 0.2) is 0 Å². The second-order valence-electron chi connectivity index (χ2n) is 12.4. The number of benzene rings is 1. The summed E-state index contributed by atoms with van der Waals surface area (Å²) >= 11 is 0. The Labute approximate surface area is 259 Å². The SMILES string of the molecule is CCOc1ccc(N2CC=C[C@]3(C)O[C@]45C=CCN(CCN6CCOCC6)C(=O)C4N([C@@H](CC)CO)C(=O)[C@@H]5[C@@H]3C2=O)cc1. The number of anilines is 1. The van der Waals surface area contributed by atoms with Gasteiger partial charge in [-0.05, 0) is 44.5 Å². The first kappa shape index (κ1) is 30.8. The molecular weight excluding hydrogens is 564 g/mol. The van der Waals surface area contributed by atoms with Crippen LogP contribution >= 0.6 is 0 Å². The summed E-state index contributed by atoms with van der Waals surface area (Å²) in [5.41, 5.74) is -1.78. The monoisotopic (exact) mass is 608 g/mol. The van der Waals surface area contributed by atoms with Gasteiger partial charge >= 0.3 is 0 Å². The van der Waals surface area contributed by atoms with Crippen LogP contribution in [0.15, 0.2) is 48.6 Å². The first-order valence-electron chi connectivity index (χ1n) is 15.9. The Morgan fingerprint density at radius 1 is 0.955 bits per heavy atom. The Morgan fingerprint density at radius 2 is 1.68 bits per heavy atom. The fourth-order valence-electron chi connectivity index (χ4n) is 7.72. The number of rotatable bonds is 9. The molecule has 5 aliphatic heterocycles. The molecule has 1 N–H and O–H groups in total. The lowest BCUT2D eigenvalue weighted by Crippen LogP contribution is -2.59. The number of aliphatic hydroxyl groups excluding tert-OH is 1. The van der Waals surface area contributed by atoms with Crippen LogP contribution in [0, 0.1) is 11.8 Å². The maximum atomic E-state index is 14.6. The van der Waals surface area contributed by atoms with E-state index in [1.54, 1.807) is 9.80 Å². The van der Waals surface area contributed by atoms with Gasteiger partial charge in [-0.2, -0.15) is 0 Å². The highest BCUT2D eigenvalue weighted by Crippen LogP contribution is 2.58. The minimum absolute atomic E-state index is 0.217. The van der Waals surface area contributed by atoms with E-state index in [0.29, 0.717) is 63.9 Å². The lowest BCUT2D eigenvalue weighted by atomic mass is 9.74.